The molecule has 19 heavy (non-hydrogen) atoms. The van der Waals surface area contributed by atoms with Gasteiger partial charge in [-0.3, -0.25) is 4.98 Å². The van der Waals surface area contributed by atoms with E-state index in [0.717, 1.165) is 44.6 Å². The Morgan fingerprint density at radius 1 is 1.16 bits per heavy atom. The van der Waals surface area contributed by atoms with Gasteiger partial charge in [0.1, 0.15) is 5.40 Å². The van der Waals surface area contributed by atoms with Crippen molar-refractivity contribution < 1.29 is 4.74 Å². The highest BCUT2D eigenvalue weighted by atomic mass is 32.2. The Morgan fingerprint density at radius 3 is 2.79 bits per heavy atom. The van der Waals surface area contributed by atoms with Crippen molar-refractivity contribution in [3.8, 4) is 5.40 Å². The minimum absolute atomic E-state index is 0.833. The van der Waals surface area contributed by atoms with Crippen LogP contribution >= 0.6 is 11.8 Å². The third kappa shape index (κ3) is 9.52. The molecule has 3 nitrogen and oxygen atoms in total. The number of thioether (sulfide) groups is 1. The van der Waals surface area contributed by atoms with Crippen LogP contribution in [0.1, 0.15) is 37.7 Å². The standard InChI is InChI=1S/C15H22N2OS/c16-14-19-12-4-2-1-3-10-18-11-6-8-15-7-5-9-17-13-15/h5,7,9,13H,1-4,6,8,10-12H2. The van der Waals surface area contributed by atoms with Crippen molar-refractivity contribution in [2.75, 3.05) is 19.0 Å². The smallest absolute Gasteiger partial charge is 0.133 e. The van der Waals surface area contributed by atoms with Crippen LogP contribution in [0.4, 0.5) is 0 Å². The normalized spacial score (nSPS) is 10.3. The van der Waals surface area contributed by atoms with Gasteiger partial charge in [-0.2, -0.15) is 5.26 Å². The highest BCUT2D eigenvalue weighted by Gasteiger charge is 1.94. The number of nitrogens with zero attached hydrogens (tertiary/aromatic N) is 2. The van der Waals surface area contributed by atoms with Crippen LogP contribution in [0.25, 0.3) is 0 Å². The Hall–Kier alpha value is -1.05. The summed E-state index contributed by atoms with van der Waals surface area (Å²) in [6.45, 7) is 1.69. The Balaban J connectivity index is 1.80. The molecule has 1 rings (SSSR count). The molecule has 0 aliphatic carbocycles. The lowest BCUT2D eigenvalue weighted by Gasteiger charge is -2.04. The molecule has 0 unspecified atom stereocenters. The van der Waals surface area contributed by atoms with Gasteiger partial charge < -0.3 is 4.74 Å². The lowest BCUT2D eigenvalue weighted by Crippen LogP contribution is -1.99. The zero-order chi connectivity index (χ0) is 13.6. The van der Waals surface area contributed by atoms with Crippen LogP contribution in [0.5, 0.6) is 0 Å². The highest BCUT2D eigenvalue weighted by Crippen LogP contribution is 2.06. The molecule has 0 atom stereocenters. The molecule has 0 aliphatic heterocycles. The number of nitriles is 1. The molecule has 0 fully saturated rings. The molecule has 0 amide bonds. The average molecular weight is 278 g/mol. The number of rotatable bonds is 11. The number of pyridine rings is 1. The number of thiocyanates is 1. The Bertz CT molecular complexity index is 351. The van der Waals surface area contributed by atoms with Gasteiger partial charge in [0.15, 0.2) is 0 Å². The summed E-state index contributed by atoms with van der Waals surface area (Å²) in [6.07, 6.45) is 10.5. The lowest BCUT2D eigenvalue weighted by molar-refractivity contribution is 0.128. The van der Waals surface area contributed by atoms with E-state index in [1.807, 2.05) is 12.3 Å². The Kier molecular flexibility index (Phi) is 10.1. The van der Waals surface area contributed by atoms with Crippen molar-refractivity contribution in [2.24, 2.45) is 0 Å². The predicted octanol–water partition coefficient (Wildman–Crippen LogP) is 3.81. The molecule has 1 heterocycles. The summed E-state index contributed by atoms with van der Waals surface area (Å²) >= 11 is 1.35. The summed E-state index contributed by atoms with van der Waals surface area (Å²) in [5.41, 5.74) is 1.28. The molecule has 0 N–H and O–H groups in total. The molecule has 104 valence electrons. The van der Waals surface area contributed by atoms with Gasteiger partial charge in [0.25, 0.3) is 0 Å². The fourth-order valence-electron chi connectivity index (χ4n) is 1.80. The van der Waals surface area contributed by atoms with Crippen LogP contribution in [0, 0.1) is 10.7 Å². The number of hydrogen-bond donors (Lipinski definition) is 0. The first-order valence-corrected chi connectivity index (χ1v) is 7.89. The molecule has 0 aromatic carbocycles. The molecule has 0 saturated carbocycles. The number of aromatic nitrogens is 1. The van der Waals surface area contributed by atoms with Gasteiger partial charge >= 0.3 is 0 Å². The molecule has 0 radical (unpaired) electrons. The second kappa shape index (κ2) is 12.0. The third-order valence-electron chi connectivity index (χ3n) is 2.83. The highest BCUT2D eigenvalue weighted by molar-refractivity contribution is 8.03. The maximum atomic E-state index is 8.36. The van der Waals surface area contributed by atoms with E-state index in [2.05, 4.69) is 16.5 Å². The zero-order valence-electron chi connectivity index (χ0n) is 11.4. The number of aryl methyl sites for hydroxylation is 1. The van der Waals surface area contributed by atoms with E-state index < -0.39 is 0 Å². The zero-order valence-corrected chi connectivity index (χ0v) is 12.2. The van der Waals surface area contributed by atoms with Crippen LogP contribution in [0.3, 0.4) is 0 Å². The minimum atomic E-state index is 0.833. The fraction of sp³-hybridized carbons (Fsp3) is 0.600. The summed E-state index contributed by atoms with van der Waals surface area (Å²) in [5, 5.41) is 10.5. The van der Waals surface area contributed by atoms with Gasteiger partial charge in [0, 0.05) is 31.4 Å². The SMILES string of the molecule is N#CSCCCCCCOCCCc1cccnc1. The Labute approximate surface area is 120 Å². The van der Waals surface area contributed by atoms with E-state index in [4.69, 9.17) is 10.00 Å². The van der Waals surface area contributed by atoms with Gasteiger partial charge in [-0.1, -0.05) is 18.9 Å². The minimum Gasteiger partial charge on any atom is -0.381 e. The maximum absolute atomic E-state index is 8.36. The first kappa shape index (κ1) is 16.0. The van der Waals surface area contributed by atoms with Crippen molar-refractivity contribution in [2.45, 2.75) is 38.5 Å². The van der Waals surface area contributed by atoms with Crippen LogP contribution < -0.4 is 0 Å². The fourth-order valence-corrected chi connectivity index (χ4v) is 2.24. The third-order valence-corrected chi connectivity index (χ3v) is 3.45. The topological polar surface area (TPSA) is 45.9 Å². The average Bonchev–Trinajstić information content (AvgIpc) is 2.46. The van der Waals surface area contributed by atoms with Gasteiger partial charge in [0.2, 0.25) is 0 Å². The van der Waals surface area contributed by atoms with Crippen molar-refractivity contribution in [3.05, 3.63) is 30.1 Å². The summed E-state index contributed by atoms with van der Waals surface area (Å²) < 4.78 is 5.61. The lowest BCUT2D eigenvalue weighted by atomic mass is 10.2. The molecule has 0 saturated heterocycles. The van der Waals surface area contributed by atoms with Crippen molar-refractivity contribution in [1.29, 1.82) is 5.26 Å². The van der Waals surface area contributed by atoms with Gasteiger partial charge in [-0.15, -0.1) is 0 Å². The van der Waals surface area contributed by atoms with Crippen molar-refractivity contribution in [1.82, 2.24) is 4.98 Å². The monoisotopic (exact) mass is 278 g/mol. The number of unbranched alkanes of at least 4 members (excludes halogenated alkanes) is 3. The van der Waals surface area contributed by atoms with Gasteiger partial charge in [-0.05, 0) is 49.1 Å². The Morgan fingerprint density at radius 2 is 2.00 bits per heavy atom. The summed E-state index contributed by atoms with van der Waals surface area (Å²) in [7, 11) is 0. The van der Waals surface area contributed by atoms with Gasteiger partial charge in [-0.25, -0.2) is 0 Å². The summed E-state index contributed by atoms with van der Waals surface area (Å²) in [4.78, 5) is 4.09. The molecule has 1 aromatic rings. The van der Waals surface area contributed by atoms with E-state index >= 15 is 0 Å². The molecule has 0 spiro atoms. The van der Waals surface area contributed by atoms with E-state index in [1.54, 1.807) is 6.20 Å². The predicted molar refractivity (Wildman–Crippen MR) is 79.9 cm³/mol. The largest absolute Gasteiger partial charge is 0.381 e. The summed E-state index contributed by atoms with van der Waals surface area (Å²) in [5.74, 6) is 0.961. The molecule has 0 aliphatic rings. The van der Waals surface area contributed by atoms with Crippen LogP contribution in [0.2, 0.25) is 0 Å². The van der Waals surface area contributed by atoms with E-state index in [-0.39, 0.29) is 0 Å². The second-order valence-corrected chi connectivity index (χ2v) is 5.31. The quantitative estimate of drug-likeness (QED) is 0.456. The number of hydrogen-bond acceptors (Lipinski definition) is 4. The van der Waals surface area contributed by atoms with E-state index in [1.165, 1.54) is 30.2 Å². The number of ether oxygens (including phenoxy) is 1. The first-order chi connectivity index (χ1) is 9.43. The molecule has 0 bridgehead atoms. The van der Waals surface area contributed by atoms with Gasteiger partial charge in [0.05, 0.1) is 0 Å². The molecular formula is C15H22N2OS. The van der Waals surface area contributed by atoms with Crippen LogP contribution in [-0.2, 0) is 11.2 Å². The maximum Gasteiger partial charge on any atom is 0.133 e. The van der Waals surface area contributed by atoms with Crippen molar-refractivity contribution in [3.63, 3.8) is 0 Å². The molecule has 1 aromatic heterocycles. The van der Waals surface area contributed by atoms with E-state index in [0.29, 0.717) is 0 Å². The van der Waals surface area contributed by atoms with Crippen LogP contribution in [0.15, 0.2) is 24.5 Å². The van der Waals surface area contributed by atoms with E-state index in [9.17, 15) is 0 Å². The molecular weight excluding hydrogens is 256 g/mol. The van der Waals surface area contributed by atoms with Crippen molar-refractivity contribution >= 4 is 11.8 Å². The van der Waals surface area contributed by atoms with Crippen LogP contribution in [-0.4, -0.2) is 24.0 Å². The second-order valence-electron chi connectivity index (χ2n) is 4.43. The summed E-state index contributed by atoms with van der Waals surface area (Å²) in [6, 6.07) is 4.08. The molecule has 4 heteroatoms. The first-order valence-electron chi connectivity index (χ1n) is 6.91.